The standard InChI is InChI=1S/C16H34N4O/c1-4-16(21,5-2)14-19-15(17-6-3)18-10-13-20-11-8-7-9-12-20/h21H,4-14H2,1-3H3,(H2,17,18,19). The maximum absolute atomic E-state index is 10.3. The van der Waals surface area contributed by atoms with Gasteiger partial charge in [-0.3, -0.25) is 4.99 Å². The maximum atomic E-state index is 10.3. The van der Waals surface area contributed by atoms with Gasteiger partial charge in [-0.05, 0) is 45.7 Å². The number of rotatable bonds is 8. The lowest BCUT2D eigenvalue weighted by molar-refractivity contribution is 0.0418. The van der Waals surface area contributed by atoms with E-state index in [0.29, 0.717) is 6.54 Å². The van der Waals surface area contributed by atoms with E-state index in [1.54, 1.807) is 0 Å². The zero-order valence-corrected chi connectivity index (χ0v) is 14.1. The Hall–Kier alpha value is -0.810. The van der Waals surface area contributed by atoms with Crippen LogP contribution >= 0.6 is 0 Å². The molecule has 1 saturated heterocycles. The molecule has 1 heterocycles. The van der Waals surface area contributed by atoms with E-state index in [9.17, 15) is 5.11 Å². The number of aliphatic imine (C=N–C) groups is 1. The fourth-order valence-corrected chi connectivity index (χ4v) is 2.56. The van der Waals surface area contributed by atoms with Crippen LogP contribution in [0.2, 0.25) is 0 Å². The zero-order valence-electron chi connectivity index (χ0n) is 14.1. The van der Waals surface area contributed by atoms with Gasteiger partial charge < -0.3 is 20.6 Å². The molecular weight excluding hydrogens is 264 g/mol. The van der Waals surface area contributed by atoms with Crippen molar-refractivity contribution in [3.05, 3.63) is 0 Å². The highest BCUT2D eigenvalue weighted by molar-refractivity contribution is 5.79. The van der Waals surface area contributed by atoms with Crippen molar-refractivity contribution >= 4 is 5.96 Å². The maximum Gasteiger partial charge on any atom is 0.191 e. The molecule has 21 heavy (non-hydrogen) atoms. The van der Waals surface area contributed by atoms with Crippen LogP contribution in [0.5, 0.6) is 0 Å². The van der Waals surface area contributed by atoms with E-state index >= 15 is 0 Å². The molecule has 0 radical (unpaired) electrons. The molecule has 1 aliphatic rings. The molecule has 0 aromatic carbocycles. The van der Waals surface area contributed by atoms with E-state index in [0.717, 1.165) is 38.4 Å². The first-order valence-electron chi connectivity index (χ1n) is 8.60. The Bertz CT molecular complexity index is 297. The molecule has 0 atom stereocenters. The van der Waals surface area contributed by atoms with Gasteiger partial charge in [0.05, 0.1) is 12.1 Å². The molecule has 5 heteroatoms. The van der Waals surface area contributed by atoms with Gasteiger partial charge in [0.1, 0.15) is 0 Å². The van der Waals surface area contributed by atoms with E-state index in [-0.39, 0.29) is 0 Å². The van der Waals surface area contributed by atoms with Gasteiger partial charge >= 0.3 is 0 Å². The highest BCUT2D eigenvalue weighted by atomic mass is 16.3. The van der Waals surface area contributed by atoms with Gasteiger partial charge in [-0.25, -0.2) is 0 Å². The molecule has 1 aliphatic heterocycles. The summed E-state index contributed by atoms with van der Waals surface area (Å²) in [5.74, 6) is 0.815. The summed E-state index contributed by atoms with van der Waals surface area (Å²) in [6.45, 7) is 11.8. The first kappa shape index (κ1) is 18.2. The van der Waals surface area contributed by atoms with Gasteiger partial charge in [-0.2, -0.15) is 0 Å². The summed E-state index contributed by atoms with van der Waals surface area (Å²) in [7, 11) is 0. The van der Waals surface area contributed by atoms with E-state index in [1.165, 1.54) is 32.4 Å². The van der Waals surface area contributed by atoms with Crippen LogP contribution in [0.4, 0.5) is 0 Å². The summed E-state index contributed by atoms with van der Waals surface area (Å²) in [4.78, 5) is 7.04. The van der Waals surface area contributed by atoms with E-state index in [1.807, 2.05) is 13.8 Å². The summed E-state index contributed by atoms with van der Waals surface area (Å²) in [6.07, 6.45) is 5.50. The van der Waals surface area contributed by atoms with Crippen LogP contribution in [0.15, 0.2) is 4.99 Å². The molecule has 3 N–H and O–H groups in total. The van der Waals surface area contributed by atoms with Crippen molar-refractivity contribution in [1.29, 1.82) is 0 Å². The second kappa shape index (κ2) is 10.0. The van der Waals surface area contributed by atoms with E-state index < -0.39 is 5.60 Å². The predicted octanol–water partition coefficient (Wildman–Crippen LogP) is 1.58. The molecule has 0 unspecified atom stereocenters. The van der Waals surface area contributed by atoms with Crippen molar-refractivity contribution in [3.8, 4) is 0 Å². The van der Waals surface area contributed by atoms with Crippen LogP contribution in [0.3, 0.4) is 0 Å². The number of hydrogen-bond acceptors (Lipinski definition) is 3. The summed E-state index contributed by atoms with van der Waals surface area (Å²) >= 11 is 0. The fourth-order valence-electron chi connectivity index (χ4n) is 2.56. The Labute approximate surface area is 130 Å². The summed E-state index contributed by atoms with van der Waals surface area (Å²) < 4.78 is 0. The van der Waals surface area contributed by atoms with Crippen molar-refractivity contribution in [2.45, 2.75) is 58.5 Å². The van der Waals surface area contributed by atoms with Gasteiger partial charge in [0.25, 0.3) is 0 Å². The monoisotopic (exact) mass is 298 g/mol. The minimum absolute atomic E-state index is 0.457. The topological polar surface area (TPSA) is 59.9 Å². The number of guanidine groups is 1. The highest BCUT2D eigenvalue weighted by Crippen LogP contribution is 2.14. The smallest absolute Gasteiger partial charge is 0.191 e. The third-order valence-corrected chi connectivity index (χ3v) is 4.36. The van der Waals surface area contributed by atoms with Crippen LogP contribution in [-0.2, 0) is 0 Å². The van der Waals surface area contributed by atoms with Crippen LogP contribution in [0.25, 0.3) is 0 Å². The number of nitrogens with one attached hydrogen (secondary N) is 2. The number of aliphatic hydroxyl groups is 1. The Morgan fingerprint density at radius 1 is 1.10 bits per heavy atom. The van der Waals surface area contributed by atoms with Crippen LogP contribution < -0.4 is 10.6 Å². The van der Waals surface area contributed by atoms with Crippen LogP contribution in [-0.4, -0.2) is 60.8 Å². The molecule has 0 amide bonds. The van der Waals surface area contributed by atoms with Crippen molar-refractivity contribution in [2.75, 3.05) is 39.3 Å². The first-order chi connectivity index (χ1) is 10.1. The van der Waals surface area contributed by atoms with Gasteiger partial charge in [-0.15, -0.1) is 0 Å². The molecule has 0 aliphatic carbocycles. The molecule has 0 saturated carbocycles. The van der Waals surface area contributed by atoms with Crippen LogP contribution in [0, 0.1) is 0 Å². The van der Waals surface area contributed by atoms with Crippen molar-refractivity contribution in [3.63, 3.8) is 0 Å². The van der Waals surface area contributed by atoms with Crippen molar-refractivity contribution < 1.29 is 5.11 Å². The molecule has 0 aromatic rings. The zero-order chi connectivity index (χ0) is 15.6. The second-order valence-corrected chi connectivity index (χ2v) is 5.96. The molecule has 1 fully saturated rings. The average Bonchev–Trinajstić information content (AvgIpc) is 2.53. The molecule has 0 bridgehead atoms. The fraction of sp³-hybridized carbons (Fsp3) is 0.938. The van der Waals surface area contributed by atoms with Gasteiger partial charge in [-0.1, -0.05) is 20.3 Å². The SMILES string of the molecule is CCNC(=NCC(O)(CC)CC)NCCN1CCCCC1. The van der Waals surface area contributed by atoms with Crippen molar-refractivity contribution in [2.24, 2.45) is 4.99 Å². The summed E-state index contributed by atoms with van der Waals surface area (Å²) in [5, 5.41) is 16.9. The Morgan fingerprint density at radius 3 is 2.33 bits per heavy atom. The largest absolute Gasteiger partial charge is 0.388 e. The molecule has 124 valence electrons. The quantitative estimate of drug-likeness (QED) is 0.470. The van der Waals surface area contributed by atoms with Gasteiger partial charge in [0.2, 0.25) is 0 Å². The lowest BCUT2D eigenvalue weighted by Crippen LogP contribution is -2.43. The Kier molecular flexibility index (Phi) is 8.69. The number of nitrogens with zero attached hydrogens (tertiary/aromatic N) is 2. The molecule has 0 aromatic heterocycles. The minimum Gasteiger partial charge on any atom is -0.388 e. The molecule has 5 nitrogen and oxygen atoms in total. The number of hydrogen-bond donors (Lipinski definition) is 3. The number of piperidine rings is 1. The Morgan fingerprint density at radius 2 is 1.76 bits per heavy atom. The first-order valence-corrected chi connectivity index (χ1v) is 8.60. The van der Waals surface area contributed by atoms with E-state index in [2.05, 4.69) is 27.4 Å². The lowest BCUT2D eigenvalue weighted by atomic mass is 9.98. The molecule has 0 spiro atoms. The van der Waals surface area contributed by atoms with E-state index in [4.69, 9.17) is 0 Å². The summed E-state index contributed by atoms with van der Waals surface area (Å²) in [5.41, 5.74) is -0.671. The predicted molar refractivity (Wildman–Crippen MR) is 89.8 cm³/mol. The van der Waals surface area contributed by atoms with Crippen LogP contribution in [0.1, 0.15) is 52.9 Å². The normalized spacial score (nSPS) is 17.8. The lowest BCUT2D eigenvalue weighted by Gasteiger charge is -2.27. The summed E-state index contributed by atoms with van der Waals surface area (Å²) in [6, 6.07) is 0. The molecular formula is C16H34N4O. The minimum atomic E-state index is -0.671. The highest BCUT2D eigenvalue weighted by Gasteiger charge is 2.21. The van der Waals surface area contributed by atoms with Gasteiger partial charge in [0.15, 0.2) is 5.96 Å². The van der Waals surface area contributed by atoms with Gasteiger partial charge in [0, 0.05) is 19.6 Å². The van der Waals surface area contributed by atoms with Crippen molar-refractivity contribution in [1.82, 2.24) is 15.5 Å². The third kappa shape index (κ3) is 7.14. The molecule has 1 rings (SSSR count). The Balaban J connectivity index is 2.37. The number of likely N-dealkylation sites (tertiary alicyclic amines) is 1. The second-order valence-electron chi connectivity index (χ2n) is 5.96. The third-order valence-electron chi connectivity index (χ3n) is 4.36. The average molecular weight is 298 g/mol.